The summed E-state index contributed by atoms with van der Waals surface area (Å²) in [7, 11) is 0. The number of carbonyl (C=O) groups excluding carboxylic acids is 3. The third-order valence-corrected chi connectivity index (χ3v) is 8.08. The maximum absolute atomic E-state index is 14.8. The van der Waals surface area contributed by atoms with E-state index in [0.717, 1.165) is 45.9 Å². The highest BCUT2D eigenvalue weighted by Gasteiger charge is 2.37. The van der Waals surface area contributed by atoms with Crippen molar-refractivity contribution in [3.8, 4) is 0 Å². The molecule has 0 aliphatic carbocycles. The first-order valence-electron chi connectivity index (χ1n) is 16.2. The van der Waals surface area contributed by atoms with Crippen LogP contribution in [-0.2, 0) is 20.7 Å². The van der Waals surface area contributed by atoms with E-state index in [1.807, 2.05) is 105 Å². The van der Waals surface area contributed by atoms with Crippen molar-refractivity contribution in [1.82, 2.24) is 10.2 Å². The quantitative estimate of drug-likeness (QED) is 0.156. The summed E-state index contributed by atoms with van der Waals surface area (Å²) in [5.74, 6) is -0.657. The summed E-state index contributed by atoms with van der Waals surface area (Å²) in [6, 6.07) is 27.3. The molecule has 0 aromatic heterocycles. The SMILES string of the molecule is CCCCCN(C(=O)C(Cc1ccccc1)NC(=O)OC(C)(C)C)C(C(=O)Nc1ccc2ccccc2c1)c1cccc(C)c1C. The van der Waals surface area contributed by atoms with Gasteiger partial charge in [0.05, 0.1) is 0 Å². The van der Waals surface area contributed by atoms with Crippen molar-refractivity contribution in [3.63, 3.8) is 0 Å². The molecule has 4 aromatic rings. The van der Waals surface area contributed by atoms with Crippen molar-refractivity contribution in [2.75, 3.05) is 11.9 Å². The van der Waals surface area contributed by atoms with Gasteiger partial charge in [0, 0.05) is 18.7 Å². The molecule has 4 rings (SSSR count). The van der Waals surface area contributed by atoms with Crippen molar-refractivity contribution in [3.05, 3.63) is 113 Å². The van der Waals surface area contributed by atoms with E-state index in [0.29, 0.717) is 18.7 Å². The minimum atomic E-state index is -0.958. The Balaban J connectivity index is 1.78. The van der Waals surface area contributed by atoms with Crippen LogP contribution in [0.5, 0.6) is 0 Å². The number of amides is 3. The van der Waals surface area contributed by atoms with Crippen LogP contribution in [0.25, 0.3) is 10.8 Å². The molecule has 0 fully saturated rings. The lowest BCUT2D eigenvalue weighted by Gasteiger charge is -2.35. The molecule has 2 unspecified atom stereocenters. The Morgan fingerprint density at radius 1 is 0.826 bits per heavy atom. The average molecular weight is 622 g/mol. The van der Waals surface area contributed by atoms with Gasteiger partial charge in [-0.05, 0) is 86.2 Å². The van der Waals surface area contributed by atoms with Gasteiger partial charge in [0.2, 0.25) is 5.91 Å². The Labute approximate surface area is 273 Å². The number of aryl methyl sites for hydroxylation is 1. The molecule has 0 bridgehead atoms. The zero-order valence-corrected chi connectivity index (χ0v) is 27.9. The van der Waals surface area contributed by atoms with Crippen molar-refractivity contribution >= 4 is 34.4 Å². The fourth-order valence-electron chi connectivity index (χ4n) is 5.60. The Hall–Kier alpha value is -4.65. The average Bonchev–Trinajstić information content (AvgIpc) is 3.01. The van der Waals surface area contributed by atoms with Gasteiger partial charge >= 0.3 is 6.09 Å². The first-order valence-corrected chi connectivity index (χ1v) is 16.2. The molecule has 0 aliphatic rings. The molecule has 0 aliphatic heterocycles. The van der Waals surface area contributed by atoms with Crippen molar-refractivity contribution in [2.24, 2.45) is 0 Å². The molecule has 0 heterocycles. The molecule has 4 aromatic carbocycles. The maximum atomic E-state index is 14.8. The Morgan fingerprint density at radius 3 is 2.22 bits per heavy atom. The molecule has 0 spiro atoms. The van der Waals surface area contributed by atoms with Crippen LogP contribution in [0.4, 0.5) is 10.5 Å². The topological polar surface area (TPSA) is 87.7 Å². The van der Waals surface area contributed by atoms with Crippen LogP contribution in [0.1, 0.15) is 75.3 Å². The summed E-state index contributed by atoms with van der Waals surface area (Å²) in [4.78, 5) is 44.0. The second-order valence-corrected chi connectivity index (χ2v) is 12.9. The van der Waals surface area contributed by atoms with E-state index < -0.39 is 23.8 Å². The van der Waals surface area contributed by atoms with E-state index in [-0.39, 0.29) is 18.2 Å². The fraction of sp³-hybridized carbons (Fsp3) is 0.359. The summed E-state index contributed by atoms with van der Waals surface area (Å²) < 4.78 is 5.58. The van der Waals surface area contributed by atoms with Crippen LogP contribution in [0.2, 0.25) is 0 Å². The number of fused-ring (bicyclic) bond motifs is 1. The number of unbranched alkanes of at least 4 members (excludes halogenated alkanes) is 2. The van der Waals surface area contributed by atoms with Gasteiger partial charge < -0.3 is 20.3 Å². The van der Waals surface area contributed by atoms with E-state index in [1.165, 1.54) is 0 Å². The molecule has 2 N–H and O–H groups in total. The van der Waals surface area contributed by atoms with E-state index >= 15 is 0 Å². The summed E-state index contributed by atoms with van der Waals surface area (Å²) in [5, 5.41) is 8.04. The molecule has 242 valence electrons. The van der Waals surface area contributed by atoms with Crippen LogP contribution in [0, 0.1) is 13.8 Å². The van der Waals surface area contributed by atoms with Crippen LogP contribution < -0.4 is 10.6 Å². The summed E-state index contributed by atoms with van der Waals surface area (Å²) >= 11 is 0. The third kappa shape index (κ3) is 9.19. The predicted molar refractivity (Wildman–Crippen MR) is 186 cm³/mol. The molecule has 7 heteroatoms. The number of hydrogen-bond donors (Lipinski definition) is 2. The maximum Gasteiger partial charge on any atom is 0.408 e. The van der Waals surface area contributed by atoms with Gasteiger partial charge in [0.25, 0.3) is 5.91 Å². The molecular weight excluding hydrogens is 574 g/mol. The molecule has 0 saturated carbocycles. The van der Waals surface area contributed by atoms with Crippen molar-refractivity contribution < 1.29 is 19.1 Å². The largest absolute Gasteiger partial charge is 0.444 e. The van der Waals surface area contributed by atoms with Gasteiger partial charge in [-0.3, -0.25) is 9.59 Å². The molecule has 46 heavy (non-hydrogen) atoms. The van der Waals surface area contributed by atoms with Gasteiger partial charge in [0.15, 0.2) is 0 Å². The number of nitrogens with one attached hydrogen (secondary N) is 2. The van der Waals surface area contributed by atoms with Crippen LogP contribution in [0.15, 0.2) is 91.0 Å². The Kier molecular flexibility index (Phi) is 11.6. The standard InChI is InChI=1S/C39H47N3O4/c1-7-8-14-24-42(37(44)34(25-29-17-10-9-11-18-29)41-38(45)46-39(4,5)6)35(33-21-15-16-27(2)28(33)3)36(43)40-32-23-22-30-19-12-13-20-31(30)26-32/h9-13,15-23,26,34-35H,7-8,14,24-25H2,1-6H3,(H,40,43)(H,41,45). The Bertz CT molecular complexity index is 1640. The number of anilines is 1. The van der Waals surface area contributed by atoms with Gasteiger partial charge in [-0.15, -0.1) is 0 Å². The second kappa shape index (κ2) is 15.6. The minimum Gasteiger partial charge on any atom is -0.444 e. The number of carbonyl (C=O) groups is 3. The van der Waals surface area contributed by atoms with Gasteiger partial charge in [-0.1, -0.05) is 98.6 Å². The van der Waals surface area contributed by atoms with E-state index in [1.54, 1.807) is 25.7 Å². The van der Waals surface area contributed by atoms with Gasteiger partial charge in [-0.2, -0.15) is 0 Å². The van der Waals surface area contributed by atoms with Crippen molar-refractivity contribution in [2.45, 2.75) is 84.9 Å². The number of ether oxygens (including phenoxy) is 1. The molecule has 2 atom stereocenters. The van der Waals surface area contributed by atoms with E-state index in [4.69, 9.17) is 4.74 Å². The fourth-order valence-corrected chi connectivity index (χ4v) is 5.60. The number of nitrogens with zero attached hydrogens (tertiary/aromatic N) is 1. The minimum absolute atomic E-state index is 0.245. The van der Waals surface area contributed by atoms with Crippen LogP contribution in [-0.4, -0.2) is 41.0 Å². The normalized spacial score (nSPS) is 12.7. The zero-order valence-electron chi connectivity index (χ0n) is 27.9. The second-order valence-electron chi connectivity index (χ2n) is 12.9. The first kappa shape index (κ1) is 34.2. The number of hydrogen-bond acceptors (Lipinski definition) is 4. The lowest BCUT2D eigenvalue weighted by atomic mass is 9.94. The highest BCUT2D eigenvalue weighted by molar-refractivity contribution is 6.00. The molecule has 3 amide bonds. The molecule has 0 saturated heterocycles. The van der Waals surface area contributed by atoms with E-state index in [2.05, 4.69) is 17.6 Å². The molecule has 0 radical (unpaired) electrons. The lowest BCUT2D eigenvalue weighted by molar-refractivity contribution is -0.140. The summed E-state index contributed by atoms with van der Waals surface area (Å²) in [6.45, 7) is 11.8. The monoisotopic (exact) mass is 621 g/mol. The molecular formula is C39H47N3O4. The third-order valence-electron chi connectivity index (χ3n) is 8.08. The highest BCUT2D eigenvalue weighted by atomic mass is 16.6. The van der Waals surface area contributed by atoms with Crippen LogP contribution >= 0.6 is 0 Å². The predicted octanol–water partition coefficient (Wildman–Crippen LogP) is 8.29. The van der Waals surface area contributed by atoms with Gasteiger partial charge in [0.1, 0.15) is 17.7 Å². The van der Waals surface area contributed by atoms with Crippen molar-refractivity contribution in [1.29, 1.82) is 0 Å². The number of benzene rings is 4. The lowest BCUT2D eigenvalue weighted by Crippen LogP contribution is -2.53. The Morgan fingerprint density at radius 2 is 1.52 bits per heavy atom. The zero-order chi connectivity index (χ0) is 33.3. The van der Waals surface area contributed by atoms with Crippen LogP contribution in [0.3, 0.4) is 0 Å². The van der Waals surface area contributed by atoms with E-state index in [9.17, 15) is 14.4 Å². The number of alkyl carbamates (subject to hydrolysis) is 1. The summed E-state index contributed by atoms with van der Waals surface area (Å²) in [6.07, 6.45) is 2.10. The van der Waals surface area contributed by atoms with Gasteiger partial charge in [-0.25, -0.2) is 4.79 Å². The summed E-state index contributed by atoms with van der Waals surface area (Å²) in [5.41, 5.74) is 3.50. The number of rotatable bonds is 12. The first-order chi connectivity index (χ1) is 22.0. The molecule has 7 nitrogen and oxygen atoms in total. The highest BCUT2D eigenvalue weighted by Crippen LogP contribution is 2.30. The smallest absolute Gasteiger partial charge is 0.408 e.